The molecule has 0 aliphatic heterocycles. The van der Waals surface area contributed by atoms with Gasteiger partial charge in [-0.3, -0.25) is 4.79 Å². The van der Waals surface area contributed by atoms with Crippen molar-refractivity contribution in [3.8, 4) is 0 Å². The lowest BCUT2D eigenvalue weighted by atomic mass is 10.1. The van der Waals surface area contributed by atoms with Gasteiger partial charge in [0.05, 0.1) is 11.6 Å². The minimum Gasteiger partial charge on any atom is -0.459 e. The van der Waals surface area contributed by atoms with Gasteiger partial charge < -0.3 is 9.73 Å². The van der Waals surface area contributed by atoms with E-state index in [4.69, 9.17) is 4.42 Å². The maximum Gasteiger partial charge on any atom is 0.254 e. The van der Waals surface area contributed by atoms with E-state index in [1.54, 1.807) is 19.1 Å². The number of carbonyl (C=O) groups is 1. The molecule has 3 aromatic rings. The lowest BCUT2D eigenvalue weighted by Gasteiger charge is -2.11. The topological polar surface area (TPSA) is 42.2 Å². The number of carbonyl (C=O) groups excluding carboxylic acids is 1. The molecule has 1 amide bonds. The zero-order valence-corrected chi connectivity index (χ0v) is 11.5. The normalized spacial score (nSPS) is 12.3. The molecule has 0 saturated heterocycles. The molecule has 0 fully saturated rings. The van der Waals surface area contributed by atoms with Gasteiger partial charge in [-0.25, -0.2) is 4.39 Å². The average Bonchev–Trinajstić information content (AvgIpc) is 2.91. The Morgan fingerprint density at radius 1 is 1.14 bits per heavy atom. The van der Waals surface area contributed by atoms with Crippen molar-refractivity contribution in [2.75, 3.05) is 0 Å². The van der Waals surface area contributed by atoms with E-state index in [9.17, 15) is 9.18 Å². The summed E-state index contributed by atoms with van der Waals surface area (Å²) in [6.07, 6.45) is 0. The molecule has 0 spiro atoms. The van der Waals surface area contributed by atoms with Crippen LogP contribution in [0.15, 0.2) is 59.0 Å². The summed E-state index contributed by atoms with van der Waals surface area (Å²) in [6.45, 7) is 1.80. The van der Waals surface area contributed by atoms with E-state index in [2.05, 4.69) is 5.32 Å². The van der Waals surface area contributed by atoms with Gasteiger partial charge in [-0.2, -0.15) is 0 Å². The van der Waals surface area contributed by atoms with Crippen molar-refractivity contribution in [3.63, 3.8) is 0 Å². The number of hydrogen-bond acceptors (Lipinski definition) is 2. The quantitative estimate of drug-likeness (QED) is 0.787. The van der Waals surface area contributed by atoms with E-state index in [-0.39, 0.29) is 11.6 Å². The van der Waals surface area contributed by atoms with Gasteiger partial charge in [0, 0.05) is 5.39 Å². The molecule has 0 radical (unpaired) electrons. The van der Waals surface area contributed by atoms with Gasteiger partial charge in [0.25, 0.3) is 5.91 Å². The van der Waals surface area contributed by atoms with E-state index in [1.807, 2.05) is 30.3 Å². The van der Waals surface area contributed by atoms with Crippen LogP contribution in [0.4, 0.5) is 4.39 Å². The fourth-order valence-electron chi connectivity index (χ4n) is 2.21. The van der Waals surface area contributed by atoms with Gasteiger partial charge in [0.1, 0.15) is 17.2 Å². The van der Waals surface area contributed by atoms with Crippen molar-refractivity contribution < 1.29 is 13.6 Å². The molecular weight excluding hydrogens is 269 g/mol. The van der Waals surface area contributed by atoms with Gasteiger partial charge in [-0.1, -0.05) is 30.3 Å². The van der Waals surface area contributed by atoms with Crippen LogP contribution in [0.3, 0.4) is 0 Å². The summed E-state index contributed by atoms with van der Waals surface area (Å²) in [7, 11) is 0. The van der Waals surface area contributed by atoms with Gasteiger partial charge >= 0.3 is 0 Å². The first-order valence-corrected chi connectivity index (χ1v) is 6.69. The molecular formula is C17H14FNO2. The van der Waals surface area contributed by atoms with Gasteiger partial charge in [-0.05, 0) is 31.2 Å². The predicted octanol–water partition coefficient (Wildman–Crippen LogP) is 4.06. The Labute approximate surface area is 121 Å². The van der Waals surface area contributed by atoms with Crippen molar-refractivity contribution in [2.45, 2.75) is 13.0 Å². The highest BCUT2D eigenvalue weighted by molar-refractivity contribution is 5.94. The lowest BCUT2D eigenvalue weighted by molar-refractivity contribution is 0.0931. The Kier molecular flexibility index (Phi) is 3.44. The number of fused-ring (bicyclic) bond motifs is 1. The summed E-state index contributed by atoms with van der Waals surface area (Å²) in [5.41, 5.74) is 0.792. The van der Waals surface area contributed by atoms with Gasteiger partial charge in [-0.15, -0.1) is 0 Å². The molecule has 1 heterocycles. The second-order valence-electron chi connectivity index (χ2n) is 4.86. The number of nitrogens with one attached hydrogen (secondary N) is 1. The Bertz CT molecular complexity index is 761. The molecule has 1 unspecified atom stereocenters. The van der Waals surface area contributed by atoms with Crippen LogP contribution in [0.5, 0.6) is 0 Å². The summed E-state index contributed by atoms with van der Waals surface area (Å²) in [4.78, 5) is 12.1. The highest BCUT2D eigenvalue weighted by Gasteiger charge is 2.17. The van der Waals surface area contributed by atoms with E-state index in [0.29, 0.717) is 5.76 Å². The molecule has 21 heavy (non-hydrogen) atoms. The highest BCUT2D eigenvalue weighted by atomic mass is 19.1. The van der Waals surface area contributed by atoms with Crippen molar-refractivity contribution in [1.82, 2.24) is 5.32 Å². The van der Waals surface area contributed by atoms with Crippen LogP contribution >= 0.6 is 0 Å². The number of furan rings is 1. The van der Waals surface area contributed by atoms with Gasteiger partial charge in [0.2, 0.25) is 0 Å². The Morgan fingerprint density at radius 2 is 1.86 bits per heavy atom. The minimum absolute atomic E-state index is 0.0282. The summed E-state index contributed by atoms with van der Waals surface area (Å²) in [5.74, 6) is -0.353. The van der Waals surface area contributed by atoms with Crippen LogP contribution < -0.4 is 5.32 Å². The third kappa shape index (κ3) is 2.65. The highest BCUT2D eigenvalue weighted by Crippen LogP contribution is 2.23. The SMILES string of the molecule is CC(NC(=O)c1ccccc1F)c1cc2ccccc2o1. The Balaban J connectivity index is 1.81. The van der Waals surface area contributed by atoms with Crippen LogP contribution in [0, 0.1) is 5.82 Å². The molecule has 1 N–H and O–H groups in total. The molecule has 106 valence electrons. The minimum atomic E-state index is -0.535. The number of hydrogen-bond donors (Lipinski definition) is 1. The van der Waals surface area contributed by atoms with Crippen LogP contribution in [-0.4, -0.2) is 5.91 Å². The van der Waals surface area contributed by atoms with Crippen LogP contribution in [0.25, 0.3) is 11.0 Å². The molecule has 3 nitrogen and oxygen atoms in total. The van der Waals surface area contributed by atoms with Crippen molar-refractivity contribution in [1.29, 1.82) is 0 Å². The van der Waals surface area contributed by atoms with Crippen molar-refractivity contribution in [2.24, 2.45) is 0 Å². The molecule has 0 aliphatic carbocycles. The molecule has 0 aliphatic rings. The largest absolute Gasteiger partial charge is 0.459 e. The fraction of sp³-hybridized carbons (Fsp3) is 0.118. The smallest absolute Gasteiger partial charge is 0.254 e. The summed E-state index contributed by atoms with van der Waals surface area (Å²) >= 11 is 0. The van der Waals surface area contributed by atoms with Crippen molar-refractivity contribution >= 4 is 16.9 Å². The molecule has 1 aromatic heterocycles. The van der Waals surface area contributed by atoms with Gasteiger partial charge in [0.15, 0.2) is 0 Å². The van der Waals surface area contributed by atoms with Crippen molar-refractivity contribution in [3.05, 3.63) is 71.7 Å². The zero-order valence-electron chi connectivity index (χ0n) is 11.5. The fourth-order valence-corrected chi connectivity index (χ4v) is 2.21. The van der Waals surface area contributed by atoms with E-state index in [0.717, 1.165) is 11.0 Å². The molecule has 3 rings (SSSR count). The van der Waals surface area contributed by atoms with E-state index < -0.39 is 11.7 Å². The third-order valence-corrected chi connectivity index (χ3v) is 3.34. The van der Waals surface area contributed by atoms with E-state index in [1.165, 1.54) is 12.1 Å². The number of amides is 1. The molecule has 0 saturated carbocycles. The summed E-state index contributed by atoms with van der Waals surface area (Å²) in [5, 5.41) is 3.71. The Morgan fingerprint density at radius 3 is 2.62 bits per heavy atom. The first-order valence-electron chi connectivity index (χ1n) is 6.69. The van der Waals surface area contributed by atoms with Crippen LogP contribution in [-0.2, 0) is 0 Å². The number of halogens is 1. The zero-order chi connectivity index (χ0) is 14.8. The standard InChI is InChI=1S/C17H14FNO2/c1-11(16-10-12-6-2-5-9-15(12)21-16)19-17(20)13-7-3-4-8-14(13)18/h2-11H,1H3,(H,19,20). The first kappa shape index (κ1) is 13.4. The number of para-hydroxylation sites is 1. The second-order valence-corrected chi connectivity index (χ2v) is 4.86. The Hall–Kier alpha value is -2.62. The summed E-state index contributed by atoms with van der Waals surface area (Å²) in [6, 6.07) is 15.0. The van der Waals surface area contributed by atoms with Crippen LogP contribution in [0.2, 0.25) is 0 Å². The molecule has 4 heteroatoms. The first-order chi connectivity index (χ1) is 10.1. The summed E-state index contributed by atoms with van der Waals surface area (Å²) < 4.78 is 19.3. The lowest BCUT2D eigenvalue weighted by Crippen LogP contribution is -2.27. The maximum atomic E-state index is 13.6. The number of rotatable bonds is 3. The monoisotopic (exact) mass is 283 g/mol. The van der Waals surface area contributed by atoms with E-state index >= 15 is 0 Å². The molecule has 1 atom stereocenters. The molecule has 0 bridgehead atoms. The third-order valence-electron chi connectivity index (χ3n) is 3.34. The predicted molar refractivity (Wildman–Crippen MR) is 78.5 cm³/mol. The maximum absolute atomic E-state index is 13.6. The second kappa shape index (κ2) is 5.40. The number of benzene rings is 2. The molecule has 2 aromatic carbocycles. The average molecular weight is 283 g/mol. The van der Waals surface area contributed by atoms with Crippen LogP contribution in [0.1, 0.15) is 29.1 Å².